The fourth-order valence-corrected chi connectivity index (χ4v) is 2.74. The van der Waals surface area contributed by atoms with Gasteiger partial charge in [0, 0.05) is 16.8 Å². The number of hydrogen-bond donors (Lipinski definition) is 2. The number of alkyl halides is 3. The van der Waals surface area contributed by atoms with E-state index in [0.717, 1.165) is 12.1 Å². The van der Waals surface area contributed by atoms with Gasteiger partial charge in [0.15, 0.2) is 0 Å². The van der Waals surface area contributed by atoms with Crippen molar-refractivity contribution < 1.29 is 18.0 Å². The van der Waals surface area contributed by atoms with Gasteiger partial charge >= 0.3 is 6.18 Å². The van der Waals surface area contributed by atoms with E-state index in [1.807, 2.05) is 0 Å². The predicted molar refractivity (Wildman–Crippen MR) is 100 cm³/mol. The summed E-state index contributed by atoms with van der Waals surface area (Å²) in [6, 6.07) is 4.49. The molecule has 1 amide bonds. The van der Waals surface area contributed by atoms with Gasteiger partial charge in [0.25, 0.3) is 11.5 Å². The molecule has 2 aromatic heterocycles. The van der Waals surface area contributed by atoms with Crippen LogP contribution in [0.5, 0.6) is 0 Å². The monoisotopic (exact) mass is 405 g/mol. The zero-order valence-electron chi connectivity index (χ0n) is 16.1. The molecule has 29 heavy (non-hydrogen) atoms. The average molecular weight is 405 g/mol. The standard InChI is InChI=1S/C19H18F3N5O2/c1-9-12(4)26-27(18-23-11(3)10(2)16(28)25-18)15(9)24-17(29)13-7-5-6-8-14(13)19(20,21)22/h5-8H,1-4H3,(H,24,29)(H,23,25,28). The number of nitrogens with one attached hydrogen (secondary N) is 2. The number of H-pyrrole nitrogens is 1. The van der Waals surface area contributed by atoms with E-state index in [0.29, 0.717) is 22.5 Å². The maximum absolute atomic E-state index is 13.3. The number of nitrogens with zero attached hydrogens (tertiary/aromatic N) is 3. The van der Waals surface area contributed by atoms with Gasteiger partial charge in [0.05, 0.1) is 16.8 Å². The number of rotatable bonds is 3. The minimum Gasteiger partial charge on any atom is -0.306 e. The number of amides is 1. The van der Waals surface area contributed by atoms with Crippen molar-refractivity contribution >= 4 is 11.7 Å². The van der Waals surface area contributed by atoms with Crippen molar-refractivity contribution in [2.24, 2.45) is 0 Å². The maximum Gasteiger partial charge on any atom is 0.417 e. The number of carbonyl (C=O) groups excluding carboxylic acids is 1. The highest BCUT2D eigenvalue weighted by molar-refractivity contribution is 6.05. The highest BCUT2D eigenvalue weighted by Gasteiger charge is 2.35. The van der Waals surface area contributed by atoms with Crippen molar-refractivity contribution in [1.82, 2.24) is 19.7 Å². The molecular weight excluding hydrogens is 387 g/mol. The third-order valence-electron chi connectivity index (χ3n) is 4.65. The molecule has 0 saturated heterocycles. The Labute approximate surface area is 163 Å². The molecule has 0 bridgehead atoms. The molecule has 152 valence electrons. The summed E-state index contributed by atoms with van der Waals surface area (Å²) in [5, 5.41) is 6.74. The zero-order chi connectivity index (χ0) is 21.5. The van der Waals surface area contributed by atoms with Gasteiger partial charge in [-0.1, -0.05) is 12.1 Å². The number of aromatic amines is 1. The number of hydrogen-bond acceptors (Lipinski definition) is 4. The van der Waals surface area contributed by atoms with E-state index in [9.17, 15) is 22.8 Å². The second kappa shape index (κ2) is 7.19. The van der Waals surface area contributed by atoms with Crippen LogP contribution in [0.4, 0.5) is 19.0 Å². The van der Waals surface area contributed by atoms with Gasteiger partial charge in [0.2, 0.25) is 5.95 Å². The van der Waals surface area contributed by atoms with Crippen molar-refractivity contribution in [2.45, 2.75) is 33.9 Å². The fraction of sp³-hybridized carbons (Fsp3) is 0.263. The predicted octanol–water partition coefficient (Wildman–Crippen LogP) is 3.46. The van der Waals surface area contributed by atoms with E-state index < -0.39 is 23.2 Å². The summed E-state index contributed by atoms with van der Waals surface area (Å²) >= 11 is 0. The normalized spacial score (nSPS) is 11.6. The highest BCUT2D eigenvalue weighted by atomic mass is 19.4. The number of aromatic nitrogens is 4. The smallest absolute Gasteiger partial charge is 0.306 e. The molecule has 7 nitrogen and oxygen atoms in total. The van der Waals surface area contributed by atoms with Crippen molar-refractivity contribution in [1.29, 1.82) is 0 Å². The van der Waals surface area contributed by atoms with Crippen LogP contribution in [0, 0.1) is 27.7 Å². The number of aryl methyl sites for hydroxylation is 2. The summed E-state index contributed by atoms with van der Waals surface area (Å²) in [6.07, 6.45) is -4.68. The lowest BCUT2D eigenvalue weighted by Gasteiger charge is -2.14. The van der Waals surface area contributed by atoms with Gasteiger partial charge in [-0.3, -0.25) is 14.6 Å². The molecule has 0 atom stereocenters. The first kappa shape index (κ1) is 20.3. The van der Waals surface area contributed by atoms with E-state index in [-0.39, 0.29) is 17.3 Å². The van der Waals surface area contributed by atoms with Gasteiger partial charge in [0.1, 0.15) is 5.82 Å². The number of anilines is 1. The van der Waals surface area contributed by atoms with Crippen molar-refractivity contribution in [3.05, 3.63) is 68.3 Å². The molecule has 10 heteroatoms. The summed E-state index contributed by atoms with van der Waals surface area (Å²) < 4.78 is 41.0. The summed E-state index contributed by atoms with van der Waals surface area (Å²) in [5.74, 6) is -0.780. The topological polar surface area (TPSA) is 92.7 Å². The van der Waals surface area contributed by atoms with Crippen molar-refractivity contribution in [3.8, 4) is 5.95 Å². The lowest BCUT2D eigenvalue weighted by atomic mass is 10.1. The van der Waals surface area contributed by atoms with Crippen LogP contribution in [0.1, 0.15) is 38.4 Å². The molecule has 2 N–H and O–H groups in total. The third-order valence-corrected chi connectivity index (χ3v) is 4.65. The first-order valence-electron chi connectivity index (χ1n) is 8.62. The fourth-order valence-electron chi connectivity index (χ4n) is 2.74. The lowest BCUT2D eigenvalue weighted by molar-refractivity contribution is -0.137. The quantitative estimate of drug-likeness (QED) is 0.698. The van der Waals surface area contributed by atoms with Gasteiger partial charge in [-0.25, -0.2) is 4.98 Å². The Bertz CT molecular complexity index is 1160. The number of halogens is 3. The molecule has 2 heterocycles. The van der Waals surface area contributed by atoms with Crippen molar-refractivity contribution in [3.63, 3.8) is 0 Å². The summed E-state index contributed by atoms with van der Waals surface area (Å²) in [7, 11) is 0. The Morgan fingerprint density at radius 2 is 1.72 bits per heavy atom. The van der Waals surface area contributed by atoms with Crippen LogP contribution in [-0.4, -0.2) is 25.7 Å². The SMILES string of the molecule is Cc1nn(-c2nc(C)c(C)c(=O)[nH]2)c(NC(=O)c2ccccc2C(F)(F)F)c1C. The largest absolute Gasteiger partial charge is 0.417 e. The lowest BCUT2D eigenvalue weighted by Crippen LogP contribution is -2.22. The summed E-state index contributed by atoms with van der Waals surface area (Å²) in [5.41, 5.74) is 0.00212. The van der Waals surface area contributed by atoms with Gasteiger partial charge < -0.3 is 5.32 Å². The Morgan fingerprint density at radius 1 is 1.07 bits per heavy atom. The Hall–Kier alpha value is -3.43. The van der Waals surface area contributed by atoms with Crippen LogP contribution in [-0.2, 0) is 6.18 Å². The number of carbonyl (C=O) groups is 1. The molecule has 1 aromatic carbocycles. The van der Waals surface area contributed by atoms with Crippen LogP contribution >= 0.6 is 0 Å². The Kier molecular flexibility index (Phi) is 5.04. The minimum absolute atomic E-state index is 0.0497. The second-order valence-corrected chi connectivity index (χ2v) is 6.57. The molecular formula is C19H18F3N5O2. The molecule has 0 spiro atoms. The molecule has 0 saturated carbocycles. The second-order valence-electron chi connectivity index (χ2n) is 6.57. The molecule has 0 aliphatic carbocycles. The maximum atomic E-state index is 13.3. The van der Waals surface area contributed by atoms with Crippen LogP contribution in [0.2, 0.25) is 0 Å². The zero-order valence-corrected chi connectivity index (χ0v) is 16.1. The molecule has 3 rings (SSSR count). The van der Waals surface area contributed by atoms with Crippen molar-refractivity contribution in [2.75, 3.05) is 5.32 Å². The third kappa shape index (κ3) is 3.78. The van der Waals surface area contributed by atoms with Crippen LogP contribution in [0.15, 0.2) is 29.1 Å². The molecule has 0 unspecified atom stereocenters. The molecule has 0 radical (unpaired) electrons. The Balaban J connectivity index is 2.09. The van der Waals surface area contributed by atoms with E-state index in [4.69, 9.17) is 0 Å². The van der Waals surface area contributed by atoms with Crippen LogP contribution in [0.25, 0.3) is 5.95 Å². The van der Waals surface area contributed by atoms with Gasteiger partial charge in [-0.15, -0.1) is 0 Å². The van der Waals surface area contributed by atoms with Crippen LogP contribution in [0.3, 0.4) is 0 Å². The Morgan fingerprint density at radius 3 is 2.34 bits per heavy atom. The minimum atomic E-state index is -4.68. The number of benzene rings is 1. The van der Waals surface area contributed by atoms with Gasteiger partial charge in [-0.05, 0) is 39.8 Å². The summed E-state index contributed by atoms with van der Waals surface area (Å²) in [4.78, 5) is 31.6. The highest BCUT2D eigenvalue weighted by Crippen LogP contribution is 2.32. The molecule has 3 aromatic rings. The first-order chi connectivity index (χ1) is 13.5. The molecule has 0 aliphatic rings. The average Bonchev–Trinajstić information content (AvgIpc) is 2.93. The summed E-state index contributed by atoms with van der Waals surface area (Å²) in [6.45, 7) is 6.59. The molecule has 0 aliphatic heterocycles. The molecule has 0 fully saturated rings. The van der Waals surface area contributed by atoms with Gasteiger partial charge in [-0.2, -0.15) is 23.0 Å². The first-order valence-corrected chi connectivity index (χ1v) is 8.62. The van der Waals surface area contributed by atoms with Crippen LogP contribution < -0.4 is 10.9 Å². The van der Waals surface area contributed by atoms with E-state index in [1.165, 1.54) is 16.8 Å². The van der Waals surface area contributed by atoms with E-state index in [2.05, 4.69) is 20.4 Å². The van der Waals surface area contributed by atoms with E-state index in [1.54, 1.807) is 27.7 Å². The van der Waals surface area contributed by atoms with E-state index >= 15 is 0 Å².